The summed E-state index contributed by atoms with van der Waals surface area (Å²) < 4.78 is 19.3. The molecule has 0 radical (unpaired) electrons. The maximum absolute atomic E-state index is 13.8. The number of halogens is 3. The third-order valence-corrected chi connectivity index (χ3v) is 3.25. The summed E-state index contributed by atoms with van der Waals surface area (Å²) in [6.07, 6.45) is 0.553. The smallest absolute Gasteiger partial charge is 0.184 e. The summed E-state index contributed by atoms with van der Waals surface area (Å²) in [6, 6.07) is 9.79. The topological polar surface area (TPSA) is 35.2 Å². The van der Waals surface area contributed by atoms with Crippen LogP contribution in [0, 0.1) is 5.82 Å². The molecule has 0 bridgehead atoms. The molecule has 0 amide bonds. The second-order valence-corrected chi connectivity index (χ2v) is 4.72. The van der Waals surface area contributed by atoms with Crippen LogP contribution in [0.3, 0.4) is 0 Å². The largest absolute Gasteiger partial charge is 0.454 e. The van der Waals surface area contributed by atoms with Gasteiger partial charge in [-0.2, -0.15) is 0 Å². The van der Waals surface area contributed by atoms with Crippen LogP contribution in [0.2, 0.25) is 10.0 Å². The zero-order chi connectivity index (χ0) is 13.8. The highest BCUT2D eigenvalue weighted by atomic mass is 35.5. The van der Waals surface area contributed by atoms with Crippen molar-refractivity contribution in [3.8, 4) is 11.5 Å². The molecule has 0 aliphatic rings. The Morgan fingerprint density at radius 3 is 2.32 bits per heavy atom. The second kappa shape index (κ2) is 6.24. The average molecular weight is 300 g/mol. The minimum absolute atomic E-state index is 0.0138. The highest BCUT2D eigenvalue weighted by Gasteiger charge is 2.12. The van der Waals surface area contributed by atoms with Gasteiger partial charge in [-0.05, 0) is 37.2 Å². The standard InChI is InChI=1S/C14H12Cl2FNO/c15-10-3-1-5-12(9(10)7-8-18)19-13-6-2-4-11(16)14(13)17/h1-6H,7-8,18H2. The van der Waals surface area contributed by atoms with Gasteiger partial charge in [-0.15, -0.1) is 0 Å². The van der Waals surface area contributed by atoms with Crippen LogP contribution in [-0.2, 0) is 6.42 Å². The van der Waals surface area contributed by atoms with Crippen LogP contribution in [0.25, 0.3) is 0 Å². The van der Waals surface area contributed by atoms with E-state index >= 15 is 0 Å². The lowest BCUT2D eigenvalue weighted by Crippen LogP contribution is -2.05. The SMILES string of the molecule is NCCc1c(Cl)cccc1Oc1cccc(Cl)c1F. The van der Waals surface area contributed by atoms with Crippen molar-refractivity contribution in [2.45, 2.75) is 6.42 Å². The van der Waals surface area contributed by atoms with Gasteiger partial charge in [0, 0.05) is 10.6 Å². The van der Waals surface area contributed by atoms with Gasteiger partial charge in [-0.1, -0.05) is 35.3 Å². The van der Waals surface area contributed by atoms with Gasteiger partial charge in [-0.3, -0.25) is 0 Å². The van der Waals surface area contributed by atoms with Crippen LogP contribution in [0.1, 0.15) is 5.56 Å². The average Bonchev–Trinajstić information content (AvgIpc) is 2.39. The molecule has 0 saturated heterocycles. The quantitative estimate of drug-likeness (QED) is 0.906. The first-order chi connectivity index (χ1) is 9.13. The van der Waals surface area contributed by atoms with Crippen LogP contribution in [-0.4, -0.2) is 6.54 Å². The fourth-order valence-electron chi connectivity index (χ4n) is 1.70. The molecule has 0 unspecified atom stereocenters. The van der Waals surface area contributed by atoms with Crippen LogP contribution >= 0.6 is 23.2 Å². The van der Waals surface area contributed by atoms with Crippen molar-refractivity contribution in [1.29, 1.82) is 0 Å². The molecule has 0 heterocycles. The predicted molar refractivity (Wildman–Crippen MR) is 75.7 cm³/mol. The van der Waals surface area contributed by atoms with Gasteiger partial charge >= 0.3 is 0 Å². The first kappa shape index (κ1) is 14.1. The lowest BCUT2D eigenvalue weighted by atomic mass is 10.1. The molecule has 2 nitrogen and oxygen atoms in total. The molecule has 0 spiro atoms. The zero-order valence-electron chi connectivity index (χ0n) is 10.00. The summed E-state index contributed by atoms with van der Waals surface area (Å²) >= 11 is 11.8. The van der Waals surface area contributed by atoms with E-state index in [4.69, 9.17) is 33.7 Å². The van der Waals surface area contributed by atoms with Gasteiger partial charge in [0.05, 0.1) is 5.02 Å². The molecule has 100 valence electrons. The summed E-state index contributed by atoms with van der Waals surface area (Å²) in [7, 11) is 0. The van der Waals surface area contributed by atoms with Crippen molar-refractivity contribution in [1.82, 2.24) is 0 Å². The second-order valence-electron chi connectivity index (χ2n) is 3.91. The number of hydrogen-bond acceptors (Lipinski definition) is 2. The van der Waals surface area contributed by atoms with Crippen LogP contribution in [0.15, 0.2) is 36.4 Å². The Bertz CT molecular complexity index is 590. The van der Waals surface area contributed by atoms with Gasteiger partial charge in [0.2, 0.25) is 0 Å². The fourth-order valence-corrected chi connectivity index (χ4v) is 2.13. The number of hydrogen-bond donors (Lipinski definition) is 1. The van der Waals surface area contributed by atoms with Crippen molar-refractivity contribution in [3.05, 3.63) is 57.8 Å². The summed E-state index contributed by atoms with van der Waals surface area (Å²) in [5.74, 6) is -0.0463. The molecule has 0 aliphatic heterocycles. The van der Waals surface area contributed by atoms with Gasteiger partial charge in [0.15, 0.2) is 11.6 Å². The van der Waals surface area contributed by atoms with Gasteiger partial charge in [-0.25, -0.2) is 4.39 Å². The van der Waals surface area contributed by atoms with E-state index in [0.717, 1.165) is 5.56 Å². The molecule has 0 saturated carbocycles. The van der Waals surface area contributed by atoms with E-state index in [-0.39, 0.29) is 10.8 Å². The van der Waals surface area contributed by atoms with Crippen LogP contribution in [0.5, 0.6) is 11.5 Å². The molecule has 19 heavy (non-hydrogen) atoms. The van der Waals surface area contributed by atoms with E-state index in [1.807, 2.05) is 0 Å². The lowest BCUT2D eigenvalue weighted by Gasteiger charge is -2.13. The van der Waals surface area contributed by atoms with Gasteiger partial charge in [0.25, 0.3) is 0 Å². The molecule has 2 rings (SSSR count). The molecular weight excluding hydrogens is 288 g/mol. The maximum atomic E-state index is 13.8. The molecular formula is C14H12Cl2FNO. The zero-order valence-corrected chi connectivity index (χ0v) is 11.5. The van der Waals surface area contributed by atoms with E-state index in [1.54, 1.807) is 24.3 Å². The van der Waals surface area contributed by atoms with Crippen molar-refractivity contribution in [2.24, 2.45) is 5.73 Å². The summed E-state index contributed by atoms with van der Waals surface area (Å²) in [6.45, 7) is 0.429. The van der Waals surface area contributed by atoms with E-state index in [2.05, 4.69) is 0 Å². The maximum Gasteiger partial charge on any atom is 0.184 e. The number of ether oxygens (including phenoxy) is 1. The van der Waals surface area contributed by atoms with E-state index in [0.29, 0.717) is 23.7 Å². The molecule has 5 heteroatoms. The summed E-state index contributed by atoms with van der Waals surface area (Å²) in [5, 5.41) is 0.560. The van der Waals surface area contributed by atoms with Crippen LogP contribution < -0.4 is 10.5 Å². The Labute approximate surface area is 120 Å². The Hall–Kier alpha value is -1.29. The fraction of sp³-hybridized carbons (Fsp3) is 0.143. The lowest BCUT2D eigenvalue weighted by molar-refractivity contribution is 0.438. The Balaban J connectivity index is 2.38. The molecule has 2 N–H and O–H groups in total. The Morgan fingerprint density at radius 2 is 1.63 bits per heavy atom. The third-order valence-electron chi connectivity index (χ3n) is 2.61. The van der Waals surface area contributed by atoms with Crippen molar-refractivity contribution in [2.75, 3.05) is 6.54 Å². The van der Waals surface area contributed by atoms with E-state index in [1.165, 1.54) is 12.1 Å². The van der Waals surface area contributed by atoms with Crippen LogP contribution in [0.4, 0.5) is 4.39 Å². The van der Waals surface area contributed by atoms with E-state index in [9.17, 15) is 4.39 Å². The van der Waals surface area contributed by atoms with Crippen molar-refractivity contribution < 1.29 is 9.13 Å². The van der Waals surface area contributed by atoms with E-state index < -0.39 is 5.82 Å². The first-order valence-electron chi connectivity index (χ1n) is 5.73. The monoisotopic (exact) mass is 299 g/mol. The number of nitrogens with two attached hydrogens (primary N) is 1. The highest BCUT2D eigenvalue weighted by Crippen LogP contribution is 2.33. The summed E-state index contributed by atoms with van der Waals surface area (Å²) in [4.78, 5) is 0. The van der Waals surface area contributed by atoms with Crippen molar-refractivity contribution >= 4 is 23.2 Å². The van der Waals surface area contributed by atoms with Crippen molar-refractivity contribution in [3.63, 3.8) is 0 Å². The molecule has 2 aromatic rings. The minimum Gasteiger partial charge on any atom is -0.454 e. The minimum atomic E-state index is -0.595. The Kier molecular flexibility index (Phi) is 4.64. The Morgan fingerprint density at radius 1 is 1.00 bits per heavy atom. The summed E-state index contributed by atoms with van der Waals surface area (Å²) in [5.41, 5.74) is 6.29. The third kappa shape index (κ3) is 3.18. The molecule has 0 aromatic heterocycles. The van der Waals surface area contributed by atoms with Gasteiger partial charge < -0.3 is 10.5 Å². The first-order valence-corrected chi connectivity index (χ1v) is 6.48. The normalized spacial score (nSPS) is 10.5. The van der Waals surface area contributed by atoms with Gasteiger partial charge in [0.1, 0.15) is 5.75 Å². The molecule has 2 aromatic carbocycles. The highest BCUT2D eigenvalue weighted by molar-refractivity contribution is 6.31. The molecule has 0 atom stereocenters. The molecule has 0 fully saturated rings. The number of rotatable bonds is 4. The predicted octanol–water partition coefficient (Wildman–Crippen LogP) is 4.43. The molecule has 0 aliphatic carbocycles. The number of benzene rings is 2.